The quantitative estimate of drug-likeness (QED) is 0.279. The van der Waals surface area contributed by atoms with E-state index in [-0.39, 0.29) is 5.56 Å². The summed E-state index contributed by atoms with van der Waals surface area (Å²) in [4.78, 5) is 30.4. The van der Waals surface area contributed by atoms with Gasteiger partial charge in [-0.3, -0.25) is 4.79 Å². The van der Waals surface area contributed by atoms with Crippen molar-refractivity contribution in [1.29, 1.82) is 0 Å². The largest absolute Gasteiger partial charge is 0.309 e. The summed E-state index contributed by atoms with van der Waals surface area (Å²) in [6, 6.07) is 21.9. The lowest BCUT2D eigenvalue weighted by atomic mass is 10.1. The van der Waals surface area contributed by atoms with Crippen LogP contribution in [0.5, 0.6) is 0 Å². The predicted molar refractivity (Wildman–Crippen MR) is 127 cm³/mol. The van der Waals surface area contributed by atoms with Gasteiger partial charge in [-0.05, 0) is 18.6 Å². The molecule has 5 nitrogen and oxygen atoms in total. The highest BCUT2D eigenvalue weighted by atomic mass is 32.2. The van der Waals surface area contributed by atoms with Crippen LogP contribution in [-0.4, -0.2) is 19.9 Å². The van der Waals surface area contributed by atoms with Crippen LogP contribution in [0.25, 0.3) is 32.6 Å². The molecule has 5 aromatic rings. The van der Waals surface area contributed by atoms with Crippen molar-refractivity contribution in [2.75, 3.05) is 0 Å². The third-order valence-corrected chi connectivity index (χ3v) is 6.55. The first kappa shape index (κ1) is 19.7. The minimum atomic E-state index is -0.115. The Kier molecular flexibility index (Phi) is 5.36. The summed E-state index contributed by atoms with van der Waals surface area (Å²) < 4.78 is 0. The van der Waals surface area contributed by atoms with E-state index in [1.807, 2.05) is 79.0 Å². The number of aromatic nitrogens is 4. The number of aromatic amines is 1. The van der Waals surface area contributed by atoms with Crippen molar-refractivity contribution >= 4 is 33.3 Å². The van der Waals surface area contributed by atoms with Gasteiger partial charge in [-0.25, -0.2) is 15.0 Å². The van der Waals surface area contributed by atoms with Crippen molar-refractivity contribution in [2.45, 2.75) is 17.8 Å². The molecule has 1 N–H and O–H groups in total. The number of H-pyrrole nitrogens is 1. The summed E-state index contributed by atoms with van der Waals surface area (Å²) in [7, 11) is 0. The lowest BCUT2D eigenvalue weighted by Gasteiger charge is -2.06. The number of hydrogen-bond acceptors (Lipinski definition) is 6. The van der Waals surface area contributed by atoms with Crippen molar-refractivity contribution in [3.63, 3.8) is 0 Å². The predicted octanol–water partition coefficient (Wildman–Crippen LogP) is 5.71. The Balaban J connectivity index is 1.42. The molecule has 5 rings (SSSR count). The number of thiophene rings is 1. The minimum absolute atomic E-state index is 0.115. The van der Waals surface area contributed by atoms with Gasteiger partial charge in [-0.2, -0.15) is 0 Å². The van der Waals surface area contributed by atoms with Gasteiger partial charge in [0.1, 0.15) is 10.7 Å². The average molecular weight is 443 g/mol. The molecular weight excluding hydrogens is 424 g/mol. The van der Waals surface area contributed by atoms with Crippen LogP contribution in [0.1, 0.15) is 11.5 Å². The number of nitrogens with zero attached hydrogens (tertiary/aromatic N) is 3. The van der Waals surface area contributed by atoms with Crippen molar-refractivity contribution < 1.29 is 0 Å². The fourth-order valence-electron chi connectivity index (χ4n) is 3.39. The molecule has 0 saturated heterocycles. The van der Waals surface area contributed by atoms with Crippen molar-refractivity contribution in [3.05, 3.63) is 94.0 Å². The minimum Gasteiger partial charge on any atom is -0.309 e. The molecule has 0 bridgehead atoms. The summed E-state index contributed by atoms with van der Waals surface area (Å²) in [6.07, 6.45) is 0. The van der Waals surface area contributed by atoms with Gasteiger partial charge in [0.05, 0.1) is 16.8 Å². The van der Waals surface area contributed by atoms with E-state index in [1.165, 1.54) is 23.1 Å². The second-order valence-corrected chi connectivity index (χ2v) is 8.84. The average Bonchev–Trinajstić information content (AvgIpc) is 3.23. The molecule has 0 radical (unpaired) electrons. The summed E-state index contributed by atoms with van der Waals surface area (Å²) in [5.74, 6) is 1.11. The van der Waals surface area contributed by atoms with Crippen LogP contribution in [0.4, 0.5) is 0 Å². The van der Waals surface area contributed by atoms with Crippen LogP contribution in [0.2, 0.25) is 0 Å². The Bertz CT molecular complexity index is 1410. The molecule has 3 heterocycles. The third kappa shape index (κ3) is 4.15. The van der Waals surface area contributed by atoms with Crippen LogP contribution < -0.4 is 5.56 Å². The second-order valence-electron chi connectivity index (χ2n) is 7.04. The van der Waals surface area contributed by atoms with Gasteiger partial charge in [-0.1, -0.05) is 72.4 Å². The van der Waals surface area contributed by atoms with Crippen LogP contribution in [0.3, 0.4) is 0 Å². The highest BCUT2D eigenvalue weighted by Crippen LogP contribution is 2.31. The van der Waals surface area contributed by atoms with E-state index < -0.39 is 0 Å². The highest BCUT2D eigenvalue weighted by molar-refractivity contribution is 7.98. The molecule has 0 amide bonds. The standard InChI is InChI=1S/C24H18N4OS2/c1-15-12-19(17-10-6-3-7-11-17)26-24(25-15)31-14-20-27-22(29)21-18(13-30-23(21)28-20)16-8-4-2-5-9-16/h2-13H,14H2,1H3,(H,27,28,29). The topological polar surface area (TPSA) is 71.5 Å². The maximum atomic E-state index is 12.8. The van der Waals surface area contributed by atoms with Gasteiger partial charge < -0.3 is 4.98 Å². The smallest absolute Gasteiger partial charge is 0.260 e. The zero-order valence-electron chi connectivity index (χ0n) is 16.7. The summed E-state index contributed by atoms with van der Waals surface area (Å²) >= 11 is 2.96. The highest BCUT2D eigenvalue weighted by Gasteiger charge is 2.13. The Morgan fingerprint density at radius 3 is 2.39 bits per heavy atom. The number of benzene rings is 2. The number of fused-ring (bicyclic) bond motifs is 1. The first-order valence-electron chi connectivity index (χ1n) is 9.77. The Labute approximate surface area is 187 Å². The number of thioether (sulfide) groups is 1. The zero-order valence-corrected chi connectivity index (χ0v) is 18.3. The summed E-state index contributed by atoms with van der Waals surface area (Å²) in [5, 5.41) is 3.30. The van der Waals surface area contributed by atoms with E-state index in [4.69, 9.17) is 0 Å². The molecule has 0 atom stereocenters. The third-order valence-electron chi connectivity index (χ3n) is 4.82. The molecule has 0 saturated carbocycles. The number of nitrogens with one attached hydrogen (secondary N) is 1. The fourth-order valence-corrected chi connectivity index (χ4v) is 5.13. The monoisotopic (exact) mass is 442 g/mol. The molecule has 0 aliphatic heterocycles. The van der Waals surface area contributed by atoms with Gasteiger partial charge in [0.15, 0.2) is 5.16 Å². The van der Waals surface area contributed by atoms with E-state index in [2.05, 4.69) is 19.9 Å². The molecule has 0 aliphatic carbocycles. The van der Waals surface area contributed by atoms with Gasteiger partial charge in [-0.15, -0.1) is 11.3 Å². The lowest BCUT2D eigenvalue weighted by molar-refractivity contribution is 0.933. The van der Waals surface area contributed by atoms with Crippen LogP contribution in [0, 0.1) is 6.92 Å². The first-order valence-corrected chi connectivity index (χ1v) is 11.6. The Morgan fingerprint density at radius 2 is 1.65 bits per heavy atom. The van der Waals surface area contributed by atoms with E-state index >= 15 is 0 Å². The first-order chi connectivity index (χ1) is 15.2. The van der Waals surface area contributed by atoms with Crippen molar-refractivity contribution in [3.8, 4) is 22.4 Å². The van der Waals surface area contributed by atoms with Gasteiger partial charge in [0, 0.05) is 22.2 Å². The number of rotatable bonds is 5. The van der Waals surface area contributed by atoms with E-state index in [9.17, 15) is 4.79 Å². The second kappa shape index (κ2) is 8.45. The normalized spacial score (nSPS) is 11.1. The maximum Gasteiger partial charge on any atom is 0.260 e. The van der Waals surface area contributed by atoms with Crippen LogP contribution in [-0.2, 0) is 5.75 Å². The number of aryl methyl sites for hydroxylation is 1. The molecule has 3 aromatic heterocycles. The molecule has 0 fully saturated rings. The van der Waals surface area contributed by atoms with Gasteiger partial charge in [0.25, 0.3) is 5.56 Å². The fraction of sp³-hybridized carbons (Fsp3) is 0.0833. The maximum absolute atomic E-state index is 12.8. The molecule has 2 aromatic carbocycles. The Hall–Kier alpha value is -3.29. The van der Waals surface area contributed by atoms with Gasteiger partial charge >= 0.3 is 0 Å². The van der Waals surface area contributed by atoms with Crippen LogP contribution >= 0.6 is 23.1 Å². The zero-order chi connectivity index (χ0) is 21.2. The molecule has 152 valence electrons. The molecule has 0 unspecified atom stereocenters. The van der Waals surface area contributed by atoms with Crippen molar-refractivity contribution in [1.82, 2.24) is 19.9 Å². The van der Waals surface area contributed by atoms with E-state index in [0.29, 0.717) is 22.1 Å². The van der Waals surface area contributed by atoms with Gasteiger partial charge in [0.2, 0.25) is 0 Å². The van der Waals surface area contributed by atoms with E-state index in [0.717, 1.165) is 32.9 Å². The SMILES string of the molecule is Cc1cc(-c2ccccc2)nc(SCc2nc3scc(-c4ccccc4)c3c(=O)[nH]2)n1. The summed E-state index contributed by atoms with van der Waals surface area (Å²) in [5.41, 5.74) is 4.66. The van der Waals surface area contributed by atoms with Crippen LogP contribution in [0.15, 0.2) is 82.1 Å². The molecule has 31 heavy (non-hydrogen) atoms. The molecular formula is C24H18N4OS2. The summed E-state index contributed by atoms with van der Waals surface area (Å²) in [6.45, 7) is 1.96. The molecule has 0 aliphatic rings. The van der Waals surface area contributed by atoms with E-state index in [1.54, 1.807) is 0 Å². The lowest BCUT2D eigenvalue weighted by Crippen LogP contribution is -2.10. The Morgan fingerprint density at radius 1 is 0.935 bits per heavy atom. The molecule has 7 heteroatoms. The number of hydrogen-bond donors (Lipinski definition) is 1. The molecule has 0 spiro atoms. The van der Waals surface area contributed by atoms with Crippen molar-refractivity contribution in [2.24, 2.45) is 0 Å².